The first-order valence-corrected chi connectivity index (χ1v) is 7.18. The van der Waals surface area contributed by atoms with Gasteiger partial charge >= 0.3 is 0 Å². The Morgan fingerprint density at radius 1 is 1.40 bits per heavy atom. The topological polar surface area (TPSA) is 62.3 Å². The van der Waals surface area contributed by atoms with E-state index in [0.717, 1.165) is 12.2 Å². The lowest BCUT2D eigenvalue weighted by atomic mass is 10.1. The molecule has 2 heterocycles. The van der Waals surface area contributed by atoms with Crippen LogP contribution in [0.4, 0.5) is 0 Å². The van der Waals surface area contributed by atoms with Crippen LogP contribution in [-0.4, -0.2) is 34.8 Å². The first-order valence-electron chi connectivity index (χ1n) is 7.18. The number of nitrogens with zero attached hydrogens (tertiary/aromatic N) is 2. The van der Waals surface area contributed by atoms with Gasteiger partial charge in [-0.3, -0.25) is 14.6 Å². The van der Waals surface area contributed by atoms with Crippen LogP contribution in [0.15, 0.2) is 24.4 Å². The Morgan fingerprint density at radius 3 is 2.95 bits per heavy atom. The second-order valence-electron chi connectivity index (χ2n) is 5.68. The molecule has 0 aromatic carbocycles. The fourth-order valence-electron chi connectivity index (χ4n) is 2.56. The van der Waals surface area contributed by atoms with Crippen LogP contribution in [0.5, 0.6) is 0 Å². The Kier molecular flexibility index (Phi) is 3.67. The molecular formula is C15H19N3O2. The van der Waals surface area contributed by atoms with Crippen LogP contribution in [-0.2, 0) is 16.1 Å². The molecule has 0 spiro atoms. The summed E-state index contributed by atoms with van der Waals surface area (Å²) in [4.78, 5) is 30.0. The fraction of sp³-hybridized carbons (Fsp3) is 0.533. The minimum atomic E-state index is -0.204. The molecule has 106 valence electrons. The predicted molar refractivity (Wildman–Crippen MR) is 73.5 cm³/mol. The van der Waals surface area contributed by atoms with Gasteiger partial charge in [0.2, 0.25) is 11.8 Å². The summed E-state index contributed by atoms with van der Waals surface area (Å²) in [7, 11) is 0. The van der Waals surface area contributed by atoms with Crippen LogP contribution in [0, 0.1) is 11.8 Å². The maximum atomic E-state index is 12.1. The number of amides is 2. The van der Waals surface area contributed by atoms with Crippen LogP contribution in [0.2, 0.25) is 0 Å². The van der Waals surface area contributed by atoms with Crippen LogP contribution in [0.1, 0.15) is 25.0 Å². The van der Waals surface area contributed by atoms with Crippen molar-refractivity contribution < 1.29 is 9.59 Å². The van der Waals surface area contributed by atoms with Crippen molar-refractivity contribution in [1.29, 1.82) is 0 Å². The molecule has 0 radical (unpaired) electrons. The molecule has 1 aromatic heterocycles. The van der Waals surface area contributed by atoms with Crippen molar-refractivity contribution in [1.82, 2.24) is 15.2 Å². The molecule has 3 rings (SSSR count). The van der Waals surface area contributed by atoms with E-state index in [1.54, 1.807) is 6.20 Å². The predicted octanol–water partition coefficient (Wildman–Crippen LogP) is 0.956. The number of pyridine rings is 1. The molecule has 1 N–H and O–H groups in total. The molecule has 0 unspecified atom stereocenters. The number of hydrogen-bond acceptors (Lipinski definition) is 3. The van der Waals surface area contributed by atoms with E-state index in [2.05, 4.69) is 10.3 Å². The third kappa shape index (κ3) is 3.15. The van der Waals surface area contributed by atoms with Crippen molar-refractivity contribution in [3.05, 3.63) is 30.1 Å². The van der Waals surface area contributed by atoms with Crippen molar-refractivity contribution in [2.24, 2.45) is 11.8 Å². The maximum Gasteiger partial charge on any atom is 0.225 e. The number of carbonyl (C=O) groups is 2. The van der Waals surface area contributed by atoms with Crippen LogP contribution < -0.4 is 5.32 Å². The molecule has 5 nitrogen and oxygen atoms in total. The summed E-state index contributed by atoms with van der Waals surface area (Å²) in [6.45, 7) is 1.83. The van der Waals surface area contributed by atoms with Gasteiger partial charge in [0.25, 0.3) is 0 Å². The highest BCUT2D eigenvalue weighted by molar-refractivity contribution is 5.89. The standard InChI is InChI=1S/C15H19N3O2/c19-14-7-12(10-18(14)9-11-4-5-11)15(20)17-8-13-3-1-2-6-16-13/h1-3,6,11-12H,4-5,7-10H2,(H,17,20)/t12-/m0/s1. The van der Waals surface area contributed by atoms with Crippen LogP contribution >= 0.6 is 0 Å². The molecule has 1 atom stereocenters. The van der Waals surface area contributed by atoms with Gasteiger partial charge in [0, 0.05) is 25.7 Å². The third-order valence-electron chi connectivity index (χ3n) is 3.93. The van der Waals surface area contributed by atoms with Crippen molar-refractivity contribution in [2.45, 2.75) is 25.8 Å². The molecule has 1 aliphatic heterocycles. The number of likely N-dealkylation sites (tertiary alicyclic amines) is 1. The average molecular weight is 273 g/mol. The van der Waals surface area contributed by atoms with Crippen LogP contribution in [0.25, 0.3) is 0 Å². The van der Waals surface area contributed by atoms with E-state index in [1.807, 2.05) is 23.1 Å². The molecule has 2 fully saturated rings. The zero-order valence-electron chi connectivity index (χ0n) is 11.4. The molecule has 1 aromatic rings. The molecule has 1 aliphatic carbocycles. The monoisotopic (exact) mass is 273 g/mol. The lowest BCUT2D eigenvalue weighted by molar-refractivity contribution is -0.129. The molecular weight excluding hydrogens is 254 g/mol. The number of nitrogens with one attached hydrogen (secondary N) is 1. The quantitative estimate of drug-likeness (QED) is 0.869. The van der Waals surface area contributed by atoms with E-state index in [4.69, 9.17) is 0 Å². The molecule has 0 bridgehead atoms. The SMILES string of the molecule is O=C(NCc1ccccn1)[C@H]1CC(=O)N(CC2CC2)C1. The Morgan fingerprint density at radius 2 is 2.25 bits per heavy atom. The Hall–Kier alpha value is -1.91. The van der Waals surface area contributed by atoms with Gasteiger partial charge in [0.15, 0.2) is 0 Å². The van der Waals surface area contributed by atoms with Crippen molar-refractivity contribution >= 4 is 11.8 Å². The first kappa shape index (κ1) is 13.1. The zero-order valence-corrected chi connectivity index (χ0v) is 11.4. The lowest BCUT2D eigenvalue weighted by Crippen LogP contribution is -2.33. The van der Waals surface area contributed by atoms with E-state index >= 15 is 0 Å². The number of hydrogen-bond donors (Lipinski definition) is 1. The van der Waals surface area contributed by atoms with Gasteiger partial charge in [0.1, 0.15) is 0 Å². The maximum absolute atomic E-state index is 12.1. The summed E-state index contributed by atoms with van der Waals surface area (Å²) in [6.07, 6.45) is 4.50. The van der Waals surface area contributed by atoms with Gasteiger partial charge in [-0.2, -0.15) is 0 Å². The minimum absolute atomic E-state index is 0.0395. The van der Waals surface area contributed by atoms with Gasteiger partial charge in [-0.05, 0) is 30.9 Å². The second kappa shape index (κ2) is 5.61. The van der Waals surface area contributed by atoms with Crippen LogP contribution in [0.3, 0.4) is 0 Å². The summed E-state index contributed by atoms with van der Waals surface area (Å²) in [5.74, 6) is 0.552. The Balaban J connectivity index is 1.49. The van der Waals surface area contributed by atoms with Gasteiger partial charge in [-0.1, -0.05) is 6.07 Å². The van der Waals surface area contributed by atoms with E-state index in [-0.39, 0.29) is 17.7 Å². The van der Waals surface area contributed by atoms with Crippen molar-refractivity contribution in [2.75, 3.05) is 13.1 Å². The van der Waals surface area contributed by atoms with Gasteiger partial charge < -0.3 is 10.2 Å². The minimum Gasteiger partial charge on any atom is -0.350 e. The summed E-state index contributed by atoms with van der Waals surface area (Å²) in [6, 6.07) is 5.61. The highest BCUT2D eigenvalue weighted by atomic mass is 16.2. The molecule has 20 heavy (non-hydrogen) atoms. The highest BCUT2D eigenvalue weighted by Gasteiger charge is 2.36. The zero-order chi connectivity index (χ0) is 13.9. The largest absolute Gasteiger partial charge is 0.350 e. The first-order chi connectivity index (χ1) is 9.72. The fourth-order valence-corrected chi connectivity index (χ4v) is 2.56. The number of carbonyl (C=O) groups excluding carboxylic acids is 2. The van der Waals surface area contributed by atoms with Gasteiger partial charge in [0.05, 0.1) is 18.2 Å². The Bertz CT molecular complexity index is 499. The average Bonchev–Trinajstić information content (AvgIpc) is 3.21. The Labute approximate surface area is 118 Å². The summed E-state index contributed by atoms with van der Waals surface area (Å²) in [5, 5.41) is 2.87. The number of rotatable bonds is 5. The van der Waals surface area contributed by atoms with Crippen molar-refractivity contribution in [3.63, 3.8) is 0 Å². The van der Waals surface area contributed by atoms with E-state index < -0.39 is 0 Å². The molecule has 2 aliphatic rings. The molecule has 1 saturated heterocycles. The molecule has 2 amide bonds. The summed E-state index contributed by atoms with van der Waals surface area (Å²) in [5.41, 5.74) is 0.833. The summed E-state index contributed by atoms with van der Waals surface area (Å²) < 4.78 is 0. The molecule has 1 saturated carbocycles. The smallest absolute Gasteiger partial charge is 0.225 e. The molecule has 5 heteroatoms. The third-order valence-corrected chi connectivity index (χ3v) is 3.93. The normalized spacial score (nSPS) is 22.1. The van der Waals surface area contributed by atoms with E-state index in [1.165, 1.54) is 12.8 Å². The van der Waals surface area contributed by atoms with Gasteiger partial charge in [-0.15, -0.1) is 0 Å². The van der Waals surface area contributed by atoms with E-state index in [9.17, 15) is 9.59 Å². The lowest BCUT2D eigenvalue weighted by Gasteiger charge is -2.15. The van der Waals surface area contributed by atoms with Crippen molar-refractivity contribution in [3.8, 4) is 0 Å². The second-order valence-corrected chi connectivity index (χ2v) is 5.68. The number of aromatic nitrogens is 1. The van der Waals surface area contributed by atoms with E-state index in [0.29, 0.717) is 25.4 Å². The highest BCUT2D eigenvalue weighted by Crippen LogP contribution is 2.31. The van der Waals surface area contributed by atoms with Gasteiger partial charge in [-0.25, -0.2) is 0 Å². The summed E-state index contributed by atoms with van der Waals surface area (Å²) >= 11 is 0.